The second-order valence-corrected chi connectivity index (χ2v) is 4.99. The largest absolute Gasteiger partial charge is 0.331 e. The van der Waals surface area contributed by atoms with Crippen molar-refractivity contribution in [3.05, 3.63) is 11.1 Å². The van der Waals surface area contributed by atoms with E-state index in [4.69, 9.17) is 5.26 Å². The van der Waals surface area contributed by atoms with E-state index in [0.29, 0.717) is 0 Å². The van der Waals surface area contributed by atoms with Crippen LogP contribution in [0.1, 0.15) is 27.7 Å². The molecule has 84 valence electrons. The standard InChI is InChI=1S/C12H14N2O2/c1-6-8(5-13)9-10(12(9,3)4)11(6)14-16-7(2)15/h9-10H,1-4H3/b14-11+. The Morgan fingerprint density at radius 2 is 2.12 bits per heavy atom. The second-order valence-electron chi connectivity index (χ2n) is 4.99. The summed E-state index contributed by atoms with van der Waals surface area (Å²) in [5.74, 6) is 0.0639. The molecular weight excluding hydrogens is 204 g/mol. The average Bonchev–Trinajstić information content (AvgIpc) is 2.61. The molecule has 0 aliphatic heterocycles. The highest BCUT2D eigenvalue weighted by Crippen LogP contribution is 2.67. The normalized spacial score (nSPS) is 32.3. The van der Waals surface area contributed by atoms with Crippen molar-refractivity contribution in [2.75, 3.05) is 0 Å². The summed E-state index contributed by atoms with van der Waals surface area (Å²) >= 11 is 0. The minimum atomic E-state index is -0.430. The summed E-state index contributed by atoms with van der Waals surface area (Å²) in [6.45, 7) is 7.40. The zero-order valence-corrected chi connectivity index (χ0v) is 9.87. The Morgan fingerprint density at radius 3 is 2.56 bits per heavy atom. The molecule has 0 aromatic rings. The van der Waals surface area contributed by atoms with Crippen molar-refractivity contribution in [1.82, 2.24) is 0 Å². The minimum Gasteiger partial charge on any atom is -0.318 e. The van der Waals surface area contributed by atoms with Crippen LogP contribution in [0.25, 0.3) is 0 Å². The lowest BCUT2D eigenvalue weighted by Crippen LogP contribution is -2.10. The van der Waals surface area contributed by atoms with E-state index in [0.717, 1.165) is 16.9 Å². The molecule has 0 aromatic heterocycles. The number of carbonyl (C=O) groups is 1. The van der Waals surface area contributed by atoms with Gasteiger partial charge in [0.2, 0.25) is 0 Å². The molecule has 2 aliphatic carbocycles. The number of hydrogen-bond acceptors (Lipinski definition) is 4. The first-order chi connectivity index (χ1) is 7.41. The third-order valence-electron chi connectivity index (χ3n) is 3.61. The molecule has 2 unspecified atom stereocenters. The van der Waals surface area contributed by atoms with E-state index in [1.54, 1.807) is 0 Å². The van der Waals surface area contributed by atoms with Gasteiger partial charge in [0.1, 0.15) is 0 Å². The molecule has 4 nitrogen and oxygen atoms in total. The first-order valence-corrected chi connectivity index (χ1v) is 5.28. The summed E-state index contributed by atoms with van der Waals surface area (Å²) in [7, 11) is 0. The van der Waals surface area contributed by atoms with E-state index in [2.05, 4.69) is 29.9 Å². The van der Waals surface area contributed by atoms with Crippen molar-refractivity contribution in [1.29, 1.82) is 5.26 Å². The minimum absolute atomic E-state index is 0.0730. The predicted octanol–water partition coefficient (Wildman–Crippen LogP) is 2.03. The highest BCUT2D eigenvalue weighted by Gasteiger charge is 2.66. The molecule has 0 amide bonds. The molecule has 16 heavy (non-hydrogen) atoms. The van der Waals surface area contributed by atoms with Crippen molar-refractivity contribution >= 4 is 11.7 Å². The average molecular weight is 218 g/mol. The van der Waals surface area contributed by atoms with E-state index in [-0.39, 0.29) is 17.3 Å². The van der Waals surface area contributed by atoms with Crippen LogP contribution in [0.2, 0.25) is 0 Å². The van der Waals surface area contributed by atoms with Crippen LogP contribution in [0.5, 0.6) is 0 Å². The van der Waals surface area contributed by atoms with Gasteiger partial charge in [0.05, 0.1) is 11.8 Å². The van der Waals surface area contributed by atoms with Gasteiger partial charge in [-0.1, -0.05) is 19.0 Å². The second kappa shape index (κ2) is 3.18. The van der Waals surface area contributed by atoms with Crippen LogP contribution in [0.4, 0.5) is 0 Å². The molecule has 0 aromatic carbocycles. The van der Waals surface area contributed by atoms with Crippen LogP contribution in [-0.2, 0) is 9.63 Å². The van der Waals surface area contributed by atoms with Crippen molar-refractivity contribution in [3.63, 3.8) is 0 Å². The lowest BCUT2D eigenvalue weighted by atomic mass is 9.95. The summed E-state index contributed by atoms with van der Waals surface area (Å²) in [5.41, 5.74) is 2.50. The molecular formula is C12H14N2O2. The topological polar surface area (TPSA) is 62.4 Å². The summed E-state index contributed by atoms with van der Waals surface area (Å²) < 4.78 is 0. The van der Waals surface area contributed by atoms with Gasteiger partial charge in [-0.25, -0.2) is 4.79 Å². The molecule has 4 heteroatoms. The number of allylic oxidation sites excluding steroid dienone is 2. The lowest BCUT2D eigenvalue weighted by Gasteiger charge is -2.10. The van der Waals surface area contributed by atoms with Crippen LogP contribution in [0.15, 0.2) is 16.3 Å². The maximum atomic E-state index is 10.7. The number of nitrogens with zero attached hydrogens (tertiary/aromatic N) is 2. The molecule has 2 rings (SSSR count). The SMILES string of the molecule is CC(=O)O/N=C1\C(C)=C(C#N)C2C1C2(C)C. The number of hydrogen-bond donors (Lipinski definition) is 0. The van der Waals surface area contributed by atoms with Crippen LogP contribution >= 0.6 is 0 Å². The third kappa shape index (κ3) is 1.28. The molecule has 0 spiro atoms. The monoisotopic (exact) mass is 218 g/mol. The molecule has 1 saturated carbocycles. The zero-order chi connectivity index (χ0) is 12.1. The number of rotatable bonds is 1. The van der Waals surface area contributed by atoms with Crippen LogP contribution in [-0.4, -0.2) is 11.7 Å². The smallest absolute Gasteiger partial charge is 0.318 e. The van der Waals surface area contributed by atoms with Gasteiger partial charge in [-0.3, -0.25) is 0 Å². The van der Waals surface area contributed by atoms with Crippen molar-refractivity contribution < 1.29 is 9.63 Å². The number of nitriles is 1. The maximum Gasteiger partial charge on any atom is 0.331 e. The van der Waals surface area contributed by atoms with E-state index in [1.807, 2.05) is 6.92 Å². The third-order valence-corrected chi connectivity index (χ3v) is 3.61. The Bertz CT molecular complexity index is 466. The van der Waals surface area contributed by atoms with Crippen molar-refractivity contribution in [2.45, 2.75) is 27.7 Å². The molecule has 0 saturated heterocycles. The number of oxime groups is 1. The van der Waals surface area contributed by atoms with Gasteiger partial charge < -0.3 is 4.84 Å². The van der Waals surface area contributed by atoms with E-state index < -0.39 is 5.97 Å². The Balaban J connectivity index is 2.35. The first-order valence-electron chi connectivity index (χ1n) is 5.28. The molecule has 1 fully saturated rings. The van der Waals surface area contributed by atoms with Crippen LogP contribution in [0.3, 0.4) is 0 Å². The molecule has 2 aliphatic rings. The fourth-order valence-electron chi connectivity index (χ4n) is 2.68. The zero-order valence-electron chi connectivity index (χ0n) is 9.87. The van der Waals surface area contributed by atoms with Gasteiger partial charge in [-0.05, 0) is 17.9 Å². The fraction of sp³-hybridized carbons (Fsp3) is 0.583. The van der Waals surface area contributed by atoms with Gasteiger partial charge in [-0.2, -0.15) is 5.26 Å². The Morgan fingerprint density at radius 1 is 1.50 bits per heavy atom. The number of carbonyl (C=O) groups excluding carboxylic acids is 1. The van der Waals surface area contributed by atoms with E-state index in [9.17, 15) is 4.79 Å². The van der Waals surface area contributed by atoms with Crippen LogP contribution < -0.4 is 0 Å². The molecule has 0 radical (unpaired) electrons. The molecule has 0 N–H and O–H groups in total. The lowest BCUT2D eigenvalue weighted by molar-refractivity contribution is -0.140. The molecule has 0 heterocycles. The van der Waals surface area contributed by atoms with E-state index in [1.165, 1.54) is 6.92 Å². The van der Waals surface area contributed by atoms with Gasteiger partial charge in [-0.15, -0.1) is 0 Å². The highest BCUT2D eigenvalue weighted by atomic mass is 16.7. The summed E-state index contributed by atoms with van der Waals surface area (Å²) in [5, 5.41) is 13.0. The van der Waals surface area contributed by atoms with Gasteiger partial charge in [0.15, 0.2) is 0 Å². The summed E-state index contributed by atoms with van der Waals surface area (Å²) in [6.07, 6.45) is 0. The Labute approximate surface area is 94.6 Å². The highest BCUT2D eigenvalue weighted by molar-refractivity contribution is 6.09. The van der Waals surface area contributed by atoms with Crippen molar-refractivity contribution in [2.24, 2.45) is 22.4 Å². The van der Waals surface area contributed by atoms with Crippen LogP contribution in [0, 0.1) is 28.6 Å². The quantitative estimate of drug-likeness (QED) is 0.499. The first kappa shape index (κ1) is 10.9. The van der Waals surface area contributed by atoms with Crippen molar-refractivity contribution in [3.8, 4) is 6.07 Å². The summed E-state index contributed by atoms with van der Waals surface area (Å²) in [6, 6.07) is 2.24. The molecule has 2 atom stereocenters. The van der Waals surface area contributed by atoms with Gasteiger partial charge >= 0.3 is 5.97 Å². The molecule has 0 bridgehead atoms. The number of fused-ring (bicyclic) bond motifs is 1. The maximum absolute atomic E-state index is 10.7. The van der Waals surface area contributed by atoms with Gasteiger partial charge in [0, 0.05) is 24.3 Å². The fourth-order valence-corrected chi connectivity index (χ4v) is 2.68. The predicted molar refractivity (Wildman–Crippen MR) is 58.3 cm³/mol. The Hall–Kier alpha value is -1.63. The van der Waals surface area contributed by atoms with Gasteiger partial charge in [0.25, 0.3) is 0 Å². The van der Waals surface area contributed by atoms with E-state index >= 15 is 0 Å². The Kier molecular flexibility index (Phi) is 2.16. The summed E-state index contributed by atoms with van der Waals surface area (Å²) in [4.78, 5) is 15.4.